The molecule has 2 heteroatoms. The largest absolute Gasteiger partial charge is 0.305 e. The van der Waals surface area contributed by atoms with Crippen LogP contribution >= 0.6 is 0 Å². The van der Waals surface area contributed by atoms with E-state index in [1.807, 2.05) is 30.3 Å². The first kappa shape index (κ1) is 17.9. The molecule has 0 bridgehead atoms. The van der Waals surface area contributed by atoms with Crippen molar-refractivity contribution in [2.75, 3.05) is 6.54 Å². The van der Waals surface area contributed by atoms with Gasteiger partial charge in [-0.25, -0.2) is 0 Å². The lowest BCUT2D eigenvalue weighted by Crippen LogP contribution is -2.37. The fourth-order valence-electron chi connectivity index (χ4n) is 3.33. The minimum absolute atomic E-state index is 0.0964. The molecule has 1 unspecified atom stereocenters. The molecule has 0 fully saturated rings. The van der Waals surface area contributed by atoms with Crippen LogP contribution in [0.3, 0.4) is 0 Å². The molecule has 1 N–H and O–H groups in total. The van der Waals surface area contributed by atoms with Crippen LogP contribution in [0, 0.1) is 11.3 Å². The third-order valence-corrected chi connectivity index (χ3v) is 4.90. The second-order valence-corrected chi connectivity index (χ2v) is 6.90. The molecule has 2 nitrogen and oxygen atoms in total. The SMILES string of the molecule is CC(CC#N)(CNC(c1ccccc1)c1ccccc1)c1ccccc1. The van der Waals surface area contributed by atoms with Crippen molar-refractivity contribution in [2.45, 2.75) is 24.8 Å². The first-order valence-corrected chi connectivity index (χ1v) is 8.99. The lowest BCUT2D eigenvalue weighted by Gasteiger charge is -2.31. The highest BCUT2D eigenvalue weighted by atomic mass is 14.9. The Bertz CT molecular complexity index is 798. The van der Waals surface area contributed by atoms with Crippen molar-refractivity contribution in [3.05, 3.63) is 108 Å². The maximum atomic E-state index is 9.38. The van der Waals surface area contributed by atoms with E-state index >= 15 is 0 Å². The molecule has 0 saturated heterocycles. The molecule has 0 radical (unpaired) electrons. The van der Waals surface area contributed by atoms with E-state index in [1.54, 1.807) is 0 Å². The molecule has 0 heterocycles. The summed E-state index contributed by atoms with van der Waals surface area (Å²) in [5.41, 5.74) is 3.41. The molecule has 0 spiro atoms. The molecule has 0 aliphatic rings. The first-order valence-electron chi connectivity index (χ1n) is 8.99. The van der Waals surface area contributed by atoms with Crippen molar-refractivity contribution in [1.29, 1.82) is 5.26 Å². The zero-order chi connectivity index (χ0) is 18.2. The summed E-state index contributed by atoms with van der Waals surface area (Å²) in [7, 11) is 0. The fourth-order valence-corrected chi connectivity index (χ4v) is 3.33. The maximum absolute atomic E-state index is 9.38. The quantitative estimate of drug-likeness (QED) is 0.638. The summed E-state index contributed by atoms with van der Waals surface area (Å²) in [5.74, 6) is 0. The average Bonchev–Trinajstić information content (AvgIpc) is 2.71. The van der Waals surface area contributed by atoms with Crippen LogP contribution in [0.1, 0.15) is 36.1 Å². The van der Waals surface area contributed by atoms with Crippen molar-refractivity contribution >= 4 is 0 Å². The Kier molecular flexibility index (Phi) is 5.84. The van der Waals surface area contributed by atoms with Gasteiger partial charge in [0.1, 0.15) is 0 Å². The molecule has 0 amide bonds. The summed E-state index contributed by atoms with van der Waals surface area (Å²) in [6.45, 7) is 2.88. The second-order valence-electron chi connectivity index (χ2n) is 6.90. The van der Waals surface area contributed by atoms with E-state index < -0.39 is 0 Å². The monoisotopic (exact) mass is 340 g/mol. The molecule has 130 valence electrons. The normalized spacial score (nSPS) is 13.1. The minimum atomic E-state index is -0.238. The highest BCUT2D eigenvalue weighted by Crippen LogP contribution is 2.29. The predicted molar refractivity (Wildman–Crippen MR) is 107 cm³/mol. The van der Waals surface area contributed by atoms with Gasteiger partial charge in [0.2, 0.25) is 0 Å². The number of rotatable bonds is 7. The number of hydrogen-bond donors (Lipinski definition) is 1. The van der Waals surface area contributed by atoms with E-state index in [0.29, 0.717) is 6.42 Å². The van der Waals surface area contributed by atoms with Gasteiger partial charge in [0.25, 0.3) is 0 Å². The second kappa shape index (κ2) is 8.47. The first-order chi connectivity index (χ1) is 12.7. The van der Waals surface area contributed by atoms with Crippen molar-refractivity contribution in [1.82, 2.24) is 5.32 Å². The van der Waals surface area contributed by atoms with Gasteiger partial charge >= 0.3 is 0 Å². The Morgan fingerprint density at radius 3 is 1.73 bits per heavy atom. The van der Waals surface area contributed by atoms with Gasteiger partial charge in [0, 0.05) is 18.4 Å². The van der Waals surface area contributed by atoms with Gasteiger partial charge in [-0.2, -0.15) is 5.26 Å². The van der Waals surface area contributed by atoms with Gasteiger partial charge in [0.15, 0.2) is 0 Å². The number of nitrogens with one attached hydrogen (secondary N) is 1. The maximum Gasteiger partial charge on any atom is 0.0631 e. The fraction of sp³-hybridized carbons (Fsp3) is 0.208. The Labute approximate surface area is 156 Å². The molecule has 0 aromatic heterocycles. The molecule has 0 aliphatic carbocycles. The van der Waals surface area contributed by atoms with Gasteiger partial charge in [-0.1, -0.05) is 97.9 Å². The molecule has 3 aromatic rings. The molecule has 3 aromatic carbocycles. The minimum Gasteiger partial charge on any atom is -0.305 e. The summed E-state index contributed by atoms with van der Waals surface area (Å²) < 4.78 is 0. The molecule has 3 rings (SSSR count). The number of benzene rings is 3. The highest BCUT2D eigenvalue weighted by Gasteiger charge is 2.28. The number of hydrogen-bond acceptors (Lipinski definition) is 2. The average molecular weight is 340 g/mol. The van der Waals surface area contributed by atoms with E-state index in [0.717, 1.165) is 6.54 Å². The van der Waals surface area contributed by atoms with Crippen LogP contribution in [0.25, 0.3) is 0 Å². The van der Waals surface area contributed by atoms with Crippen LogP contribution in [0.2, 0.25) is 0 Å². The van der Waals surface area contributed by atoms with Crippen LogP contribution in [-0.4, -0.2) is 6.54 Å². The molecular formula is C24H24N2. The summed E-state index contributed by atoms with van der Waals surface area (Å²) >= 11 is 0. The molecular weight excluding hydrogens is 316 g/mol. The van der Waals surface area contributed by atoms with Gasteiger partial charge in [-0.05, 0) is 16.7 Å². The molecule has 26 heavy (non-hydrogen) atoms. The molecule has 0 aliphatic heterocycles. The Balaban J connectivity index is 1.88. The van der Waals surface area contributed by atoms with Crippen molar-refractivity contribution < 1.29 is 0 Å². The van der Waals surface area contributed by atoms with Crippen LogP contribution in [0.15, 0.2) is 91.0 Å². The number of nitrogens with zero attached hydrogens (tertiary/aromatic N) is 1. The third-order valence-electron chi connectivity index (χ3n) is 4.90. The van der Waals surface area contributed by atoms with Gasteiger partial charge in [0.05, 0.1) is 12.1 Å². The van der Waals surface area contributed by atoms with Crippen molar-refractivity contribution in [2.24, 2.45) is 0 Å². The summed E-state index contributed by atoms with van der Waals surface area (Å²) in [6.07, 6.45) is 0.473. The Hall–Kier alpha value is -2.89. The zero-order valence-corrected chi connectivity index (χ0v) is 15.1. The molecule has 0 saturated carbocycles. The smallest absolute Gasteiger partial charge is 0.0631 e. The number of nitriles is 1. The van der Waals surface area contributed by atoms with E-state index in [-0.39, 0.29) is 11.5 Å². The summed E-state index contributed by atoms with van der Waals surface area (Å²) in [6, 6.07) is 33.7. The topological polar surface area (TPSA) is 35.8 Å². The van der Waals surface area contributed by atoms with Crippen LogP contribution in [0.4, 0.5) is 0 Å². The lowest BCUT2D eigenvalue weighted by molar-refractivity contribution is 0.419. The van der Waals surface area contributed by atoms with E-state index in [2.05, 4.69) is 79.0 Å². The van der Waals surface area contributed by atoms with Gasteiger partial charge in [-0.3, -0.25) is 0 Å². The highest BCUT2D eigenvalue weighted by molar-refractivity contribution is 5.32. The van der Waals surface area contributed by atoms with E-state index in [9.17, 15) is 5.26 Å². The molecule has 1 atom stereocenters. The van der Waals surface area contributed by atoms with Crippen LogP contribution in [-0.2, 0) is 5.41 Å². The zero-order valence-electron chi connectivity index (χ0n) is 15.1. The lowest BCUT2D eigenvalue weighted by atomic mass is 9.79. The van der Waals surface area contributed by atoms with Crippen LogP contribution in [0.5, 0.6) is 0 Å². The standard InChI is InChI=1S/C24H24N2/c1-24(17-18-25,22-15-9-4-10-16-22)19-26-23(20-11-5-2-6-12-20)21-13-7-3-8-14-21/h2-16,23,26H,17,19H2,1H3. The van der Waals surface area contributed by atoms with Crippen molar-refractivity contribution in [3.63, 3.8) is 0 Å². The van der Waals surface area contributed by atoms with Gasteiger partial charge < -0.3 is 5.32 Å². The third kappa shape index (κ3) is 4.20. The van der Waals surface area contributed by atoms with Crippen LogP contribution < -0.4 is 5.32 Å². The van der Waals surface area contributed by atoms with E-state index in [1.165, 1.54) is 16.7 Å². The van der Waals surface area contributed by atoms with Crippen molar-refractivity contribution in [3.8, 4) is 6.07 Å². The Morgan fingerprint density at radius 2 is 1.27 bits per heavy atom. The summed E-state index contributed by atoms with van der Waals surface area (Å²) in [5, 5.41) is 13.1. The Morgan fingerprint density at radius 1 is 0.808 bits per heavy atom. The van der Waals surface area contributed by atoms with E-state index in [4.69, 9.17) is 0 Å². The van der Waals surface area contributed by atoms with Gasteiger partial charge in [-0.15, -0.1) is 0 Å². The summed E-state index contributed by atoms with van der Waals surface area (Å²) in [4.78, 5) is 0. The predicted octanol–water partition coefficient (Wildman–Crippen LogP) is 5.24.